The van der Waals surface area contributed by atoms with Gasteiger partial charge >= 0.3 is 0 Å². The van der Waals surface area contributed by atoms with Crippen LogP contribution in [0.5, 0.6) is 0 Å². The molecule has 0 bridgehead atoms. The lowest BCUT2D eigenvalue weighted by atomic mass is 10.2. The Morgan fingerprint density at radius 3 is 2.71 bits per heavy atom. The third-order valence-electron chi connectivity index (χ3n) is 4.62. The van der Waals surface area contributed by atoms with Crippen LogP contribution >= 0.6 is 12.2 Å². The molecule has 24 heavy (non-hydrogen) atoms. The monoisotopic (exact) mass is 368 g/mol. The normalized spacial score (nSPS) is 25.5. The molecule has 132 valence electrons. The Labute approximate surface area is 149 Å². The lowest BCUT2D eigenvalue weighted by Gasteiger charge is -2.33. The molecule has 1 aromatic rings. The van der Waals surface area contributed by atoms with Crippen LogP contribution < -0.4 is 5.32 Å². The van der Waals surface area contributed by atoms with Gasteiger partial charge in [-0.05, 0) is 37.0 Å². The molecule has 2 fully saturated rings. The molecule has 2 saturated heterocycles. The summed E-state index contributed by atoms with van der Waals surface area (Å²) < 4.78 is 29.5. The van der Waals surface area contributed by atoms with Crippen LogP contribution in [0.2, 0.25) is 0 Å². The molecule has 7 heteroatoms. The van der Waals surface area contributed by atoms with E-state index in [4.69, 9.17) is 17.0 Å². The first kappa shape index (κ1) is 17.6. The zero-order chi connectivity index (χ0) is 17.0. The van der Waals surface area contributed by atoms with Gasteiger partial charge < -0.3 is 15.0 Å². The molecule has 2 atom stereocenters. The molecule has 2 heterocycles. The summed E-state index contributed by atoms with van der Waals surface area (Å²) in [7, 11) is -2.94. The summed E-state index contributed by atoms with van der Waals surface area (Å²) >= 11 is 5.59. The van der Waals surface area contributed by atoms with Crippen LogP contribution in [-0.4, -0.2) is 55.2 Å². The van der Waals surface area contributed by atoms with E-state index in [9.17, 15) is 8.42 Å². The number of nitrogens with one attached hydrogen (secondary N) is 1. The van der Waals surface area contributed by atoms with Crippen molar-refractivity contribution >= 4 is 27.2 Å². The van der Waals surface area contributed by atoms with Crippen molar-refractivity contribution in [1.29, 1.82) is 0 Å². The van der Waals surface area contributed by atoms with Crippen LogP contribution in [0.15, 0.2) is 30.3 Å². The van der Waals surface area contributed by atoms with E-state index < -0.39 is 9.84 Å². The van der Waals surface area contributed by atoms with Crippen molar-refractivity contribution in [3.05, 3.63) is 35.9 Å². The molecule has 0 amide bonds. The van der Waals surface area contributed by atoms with E-state index in [1.54, 1.807) is 0 Å². The summed E-state index contributed by atoms with van der Waals surface area (Å²) in [6.45, 7) is 2.09. The highest BCUT2D eigenvalue weighted by Crippen LogP contribution is 2.21. The zero-order valence-electron chi connectivity index (χ0n) is 13.7. The van der Waals surface area contributed by atoms with E-state index in [1.807, 2.05) is 35.2 Å². The Bertz CT molecular complexity index is 658. The van der Waals surface area contributed by atoms with Crippen LogP contribution in [0.3, 0.4) is 0 Å². The first-order chi connectivity index (χ1) is 11.5. The maximum absolute atomic E-state index is 11.9. The second kappa shape index (κ2) is 7.80. The summed E-state index contributed by atoms with van der Waals surface area (Å²) in [5.74, 6) is 0.438. The van der Waals surface area contributed by atoms with Crippen molar-refractivity contribution in [2.75, 3.05) is 24.7 Å². The number of thiocarbonyl (C=S) groups is 1. The summed E-state index contributed by atoms with van der Waals surface area (Å²) in [6, 6.07) is 10.0. The van der Waals surface area contributed by atoms with E-state index in [-0.39, 0.29) is 23.7 Å². The minimum atomic E-state index is -2.94. The molecule has 0 aliphatic carbocycles. The Balaban J connectivity index is 1.64. The van der Waals surface area contributed by atoms with Crippen molar-refractivity contribution in [2.24, 2.45) is 0 Å². The van der Waals surface area contributed by atoms with Gasteiger partial charge in [-0.25, -0.2) is 8.42 Å². The molecule has 0 aromatic heterocycles. The number of nitrogens with zero attached hydrogens (tertiary/aromatic N) is 1. The molecule has 0 spiro atoms. The summed E-state index contributed by atoms with van der Waals surface area (Å²) in [6.07, 6.45) is 2.86. The molecule has 0 saturated carbocycles. The first-order valence-corrected chi connectivity index (χ1v) is 10.7. The summed E-state index contributed by atoms with van der Waals surface area (Å²) in [5, 5.41) is 3.91. The van der Waals surface area contributed by atoms with Crippen molar-refractivity contribution in [3.8, 4) is 0 Å². The number of rotatable bonds is 5. The van der Waals surface area contributed by atoms with Crippen molar-refractivity contribution < 1.29 is 13.2 Å². The van der Waals surface area contributed by atoms with E-state index in [1.165, 1.54) is 0 Å². The lowest BCUT2D eigenvalue weighted by Crippen LogP contribution is -2.49. The molecular formula is C17H24N2O3S2. The van der Waals surface area contributed by atoms with Crippen LogP contribution in [0.25, 0.3) is 0 Å². The standard InChI is InChI=1S/C17H24N2O3S2/c20-24(21)10-8-15(13-24)19(12-16-7-4-9-22-16)17(23)18-11-14-5-2-1-3-6-14/h1-3,5-6,15-16H,4,7-13H2,(H,18,23)/t15-,16+/m1/s1. The minimum Gasteiger partial charge on any atom is -0.376 e. The molecule has 3 rings (SSSR count). The van der Waals surface area contributed by atoms with Crippen molar-refractivity contribution in [1.82, 2.24) is 10.2 Å². The van der Waals surface area contributed by atoms with Crippen LogP contribution in [0.4, 0.5) is 0 Å². The average Bonchev–Trinajstić information content (AvgIpc) is 3.20. The second-order valence-electron chi connectivity index (χ2n) is 6.49. The van der Waals surface area contributed by atoms with Gasteiger partial charge in [-0.2, -0.15) is 0 Å². The Morgan fingerprint density at radius 2 is 2.08 bits per heavy atom. The third kappa shape index (κ3) is 4.68. The average molecular weight is 369 g/mol. The van der Waals surface area contributed by atoms with Gasteiger partial charge in [0.25, 0.3) is 0 Å². The van der Waals surface area contributed by atoms with Gasteiger partial charge in [0.2, 0.25) is 0 Å². The van der Waals surface area contributed by atoms with E-state index in [0.29, 0.717) is 24.6 Å². The summed E-state index contributed by atoms with van der Waals surface area (Å²) in [5.41, 5.74) is 1.15. The Kier molecular flexibility index (Phi) is 5.73. The lowest BCUT2D eigenvalue weighted by molar-refractivity contribution is 0.0841. The highest BCUT2D eigenvalue weighted by atomic mass is 32.2. The quantitative estimate of drug-likeness (QED) is 0.799. The molecule has 1 aromatic carbocycles. The van der Waals surface area contributed by atoms with Gasteiger partial charge in [-0.15, -0.1) is 0 Å². The highest BCUT2D eigenvalue weighted by molar-refractivity contribution is 7.91. The van der Waals surface area contributed by atoms with Crippen molar-refractivity contribution in [3.63, 3.8) is 0 Å². The maximum atomic E-state index is 11.9. The third-order valence-corrected chi connectivity index (χ3v) is 6.75. The SMILES string of the molecule is O=S1(=O)CC[C@@H](N(C[C@@H]2CCCO2)C(=S)NCc2ccccc2)C1. The first-order valence-electron chi connectivity index (χ1n) is 8.44. The molecule has 1 N–H and O–H groups in total. The number of benzene rings is 1. The van der Waals surface area contributed by atoms with Crippen LogP contribution in [0, 0.1) is 0 Å². The van der Waals surface area contributed by atoms with Gasteiger partial charge in [0.05, 0.1) is 17.6 Å². The molecule has 2 aliphatic rings. The molecule has 0 unspecified atom stereocenters. The van der Waals surface area contributed by atoms with Gasteiger partial charge in [0.15, 0.2) is 14.9 Å². The fraction of sp³-hybridized carbons (Fsp3) is 0.588. The van der Waals surface area contributed by atoms with Gasteiger partial charge in [0.1, 0.15) is 0 Å². The smallest absolute Gasteiger partial charge is 0.169 e. The number of hydrogen-bond acceptors (Lipinski definition) is 4. The number of sulfone groups is 1. The second-order valence-corrected chi connectivity index (χ2v) is 9.10. The zero-order valence-corrected chi connectivity index (χ0v) is 15.3. The van der Waals surface area contributed by atoms with Crippen LogP contribution in [0.1, 0.15) is 24.8 Å². The molecule has 2 aliphatic heterocycles. The summed E-state index contributed by atoms with van der Waals surface area (Å²) in [4.78, 5) is 2.04. The fourth-order valence-electron chi connectivity index (χ4n) is 3.30. The maximum Gasteiger partial charge on any atom is 0.169 e. The Morgan fingerprint density at radius 1 is 1.29 bits per heavy atom. The Hall–Kier alpha value is -1.18. The van der Waals surface area contributed by atoms with Gasteiger partial charge in [0, 0.05) is 25.7 Å². The van der Waals surface area contributed by atoms with Crippen molar-refractivity contribution in [2.45, 2.75) is 38.0 Å². The van der Waals surface area contributed by atoms with E-state index >= 15 is 0 Å². The molecule has 0 radical (unpaired) electrons. The van der Waals surface area contributed by atoms with Gasteiger partial charge in [-0.3, -0.25) is 0 Å². The fourth-order valence-corrected chi connectivity index (χ4v) is 5.33. The largest absolute Gasteiger partial charge is 0.376 e. The number of ether oxygens (including phenoxy) is 1. The van der Waals surface area contributed by atoms with Crippen LogP contribution in [-0.2, 0) is 21.1 Å². The number of hydrogen-bond donors (Lipinski definition) is 1. The van der Waals surface area contributed by atoms with Gasteiger partial charge in [-0.1, -0.05) is 30.3 Å². The topological polar surface area (TPSA) is 58.6 Å². The molecule has 5 nitrogen and oxygen atoms in total. The highest BCUT2D eigenvalue weighted by Gasteiger charge is 2.35. The molecular weight excluding hydrogens is 344 g/mol. The predicted octanol–water partition coefficient (Wildman–Crippen LogP) is 1.73. The minimum absolute atomic E-state index is 0.0463. The predicted molar refractivity (Wildman–Crippen MR) is 98.6 cm³/mol. The van der Waals surface area contributed by atoms with E-state index in [2.05, 4.69) is 5.32 Å². The van der Waals surface area contributed by atoms with E-state index in [0.717, 1.165) is 25.0 Å².